The number of hydrogen-bond donors (Lipinski definition) is 2. The van der Waals surface area contributed by atoms with Gasteiger partial charge in [-0.15, -0.1) is 0 Å². The van der Waals surface area contributed by atoms with E-state index in [2.05, 4.69) is 39.3 Å². The molecule has 0 aliphatic heterocycles. The monoisotopic (exact) mass is 371 g/mol. The van der Waals surface area contributed by atoms with Crippen LogP contribution in [0.1, 0.15) is 49.9 Å². The number of aryl methyl sites for hydroxylation is 1. The molecule has 8 heteroatoms. The van der Waals surface area contributed by atoms with Gasteiger partial charge in [-0.25, -0.2) is 4.98 Å². The fourth-order valence-electron chi connectivity index (χ4n) is 2.72. The van der Waals surface area contributed by atoms with Gasteiger partial charge in [0.05, 0.1) is 11.0 Å². The summed E-state index contributed by atoms with van der Waals surface area (Å²) in [4.78, 5) is 24.0. The Kier molecular flexibility index (Phi) is 5.85. The second-order valence-electron chi connectivity index (χ2n) is 7.13. The van der Waals surface area contributed by atoms with Crippen molar-refractivity contribution in [3.05, 3.63) is 41.3 Å². The molecule has 0 aliphatic carbocycles. The van der Waals surface area contributed by atoms with E-state index in [1.165, 1.54) is 0 Å². The minimum Gasteiger partial charge on any atom is -0.364 e. The summed E-state index contributed by atoms with van der Waals surface area (Å²) in [6.45, 7) is 8.15. The second kappa shape index (κ2) is 8.30. The number of carbonyl (C=O) groups excluding carboxylic acids is 1. The van der Waals surface area contributed by atoms with Crippen molar-refractivity contribution in [3.63, 3.8) is 0 Å². The van der Waals surface area contributed by atoms with Gasteiger partial charge in [0.1, 0.15) is 25.1 Å². The number of benzene rings is 1. The van der Waals surface area contributed by atoms with Crippen molar-refractivity contribution in [3.8, 4) is 0 Å². The van der Waals surface area contributed by atoms with Gasteiger partial charge in [-0.2, -0.15) is 4.98 Å². The van der Waals surface area contributed by atoms with Crippen LogP contribution in [0.4, 0.5) is 0 Å². The molecule has 27 heavy (non-hydrogen) atoms. The molecule has 0 aliphatic rings. The molecule has 1 unspecified atom stereocenters. The van der Waals surface area contributed by atoms with Gasteiger partial charge < -0.3 is 19.6 Å². The lowest BCUT2D eigenvalue weighted by Crippen LogP contribution is -2.30. The normalized spacial score (nSPS) is 12.6. The Morgan fingerprint density at radius 1 is 1.30 bits per heavy atom. The van der Waals surface area contributed by atoms with Crippen LogP contribution in [0.2, 0.25) is 0 Å². The summed E-state index contributed by atoms with van der Waals surface area (Å²) >= 11 is 0. The van der Waals surface area contributed by atoms with Crippen molar-refractivity contribution in [1.82, 2.24) is 25.4 Å². The number of amides is 1. The van der Waals surface area contributed by atoms with Crippen LogP contribution < -0.4 is 5.32 Å². The molecule has 144 valence electrons. The van der Waals surface area contributed by atoms with Gasteiger partial charge in [-0.3, -0.25) is 4.79 Å². The molecule has 3 aromatic rings. The maximum Gasteiger partial charge on any atom is 0.248 e. The van der Waals surface area contributed by atoms with E-state index < -0.39 is 0 Å². The molecule has 0 spiro atoms. The van der Waals surface area contributed by atoms with Crippen LogP contribution >= 0.6 is 0 Å². The summed E-state index contributed by atoms with van der Waals surface area (Å²) in [5.41, 5.74) is 3.00. The van der Waals surface area contributed by atoms with E-state index in [4.69, 9.17) is 9.26 Å². The topological polar surface area (TPSA) is 106 Å². The first-order valence-electron chi connectivity index (χ1n) is 9.05. The van der Waals surface area contributed by atoms with E-state index in [0.29, 0.717) is 23.5 Å². The van der Waals surface area contributed by atoms with E-state index in [0.717, 1.165) is 23.0 Å². The first-order chi connectivity index (χ1) is 12.9. The van der Waals surface area contributed by atoms with Gasteiger partial charge in [0.2, 0.25) is 11.8 Å². The van der Waals surface area contributed by atoms with E-state index in [1.54, 1.807) is 6.92 Å². The number of nitrogens with zero attached hydrogens (tertiary/aromatic N) is 3. The average Bonchev–Trinajstić information content (AvgIpc) is 3.20. The van der Waals surface area contributed by atoms with Crippen molar-refractivity contribution in [2.24, 2.45) is 5.92 Å². The first-order valence-corrected chi connectivity index (χ1v) is 9.05. The minimum atomic E-state index is -0.372. The molecular formula is C19H25N5O3. The lowest BCUT2D eigenvalue weighted by Gasteiger charge is -2.09. The molecule has 0 saturated heterocycles. The molecule has 3 rings (SSSR count). The quantitative estimate of drug-likeness (QED) is 0.631. The standard InChI is InChI=1S/C19H25N5O3/c1-11(2)7-16-23-19(27-24-16)13(4)20-18(25)10-26-9-17-21-14-6-5-12(3)8-15(14)22-17/h5-6,8,11,13H,7,9-10H2,1-4H3,(H,20,25)(H,21,22). The van der Waals surface area contributed by atoms with Gasteiger partial charge in [-0.1, -0.05) is 25.1 Å². The van der Waals surface area contributed by atoms with Gasteiger partial charge >= 0.3 is 0 Å². The Bertz CT molecular complexity index is 915. The maximum absolute atomic E-state index is 12.1. The van der Waals surface area contributed by atoms with Crippen molar-refractivity contribution in [1.29, 1.82) is 0 Å². The number of imidazole rings is 1. The summed E-state index contributed by atoms with van der Waals surface area (Å²) in [5, 5.41) is 6.72. The van der Waals surface area contributed by atoms with Crippen molar-refractivity contribution < 1.29 is 14.1 Å². The Balaban J connectivity index is 1.46. The molecule has 0 saturated carbocycles. The number of nitrogens with one attached hydrogen (secondary N) is 2. The van der Waals surface area contributed by atoms with Crippen molar-refractivity contribution >= 4 is 16.9 Å². The molecule has 2 heterocycles. The number of rotatable bonds is 8. The Labute approximate surface area is 157 Å². The predicted octanol–water partition coefficient (Wildman–Crippen LogP) is 2.85. The lowest BCUT2D eigenvalue weighted by atomic mass is 10.1. The highest BCUT2D eigenvalue weighted by Gasteiger charge is 2.17. The summed E-state index contributed by atoms with van der Waals surface area (Å²) in [5.74, 6) is 1.92. The lowest BCUT2D eigenvalue weighted by molar-refractivity contribution is -0.127. The molecule has 8 nitrogen and oxygen atoms in total. The van der Waals surface area contributed by atoms with Crippen molar-refractivity contribution in [2.75, 3.05) is 6.61 Å². The summed E-state index contributed by atoms with van der Waals surface area (Å²) in [7, 11) is 0. The highest BCUT2D eigenvalue weighted by atomic mass is 16.5. The number of aromatic nitrogens is 4. The molecular weight excluding hydrogens is 346 g/mol. The summed E-state index contributed by atoms with van der Waals surface area (Å²) < 4.78 is 10.7. The molecule has 0 radical (unpaired) electrons. The van der Waals surface area contributed by atoms with Crippen molar-refractivity contribution in [2.45, 2.75) is 46.8 Å². The number of H-pyrrole nitrogens is 1. The SMILES string of the molecule is Cc1ccc2nc(COCC(=O)NC(C)c3nc(CC(C)C)no3)[nH]c2c1. The zero-order valence-electron chi connectivity index (χ0n) is 16.1. The van der Waals surface area contributed by atoms with Crippen LogP contribution in [0.15, 0.2) is 22.7 Å². The summed E-state index contributed by atoms with van der Waals surface area (Å²) in [6.07, 6.45) is 0.740. The second-order valence-corrected chi connectivity index (χ2v) is 7.13. The third-order valence-corrected chi connectivity index (χ3v) is 3.98. The van der Waals surface area contributed by atoms with Crippen LogP contribution in [-0.2, 0) is 22.6 Å². The minimum absolute atomic E-state index is 0.0760. The Hall–Kier alpha value is -2.74. The number of fused-ring (bicyclic) bond motifs is 1. The molecule has 0 bridgehead atoms. The fourth-order valence-corrected chi connectivity index (χ4v) is 2.72. The van der Waals surface area contributed by atoms with Gasteiger partial charge in [0, 0.05) is 6.42 Å². The molecule has 1 aromatic carbocycles. The fraction of sp³-hybridized carbons (Fsp3) is 0.474. The van der Waals surface area contributed by atoms with E-state index in [9.17, 15) is 4.79 Å². The molecule has 1 atom stereocenters. The Morgan fingerprint density at radius 2 is 2.11 bits per heavy atom. The molecule has 2 N–H and O–H groups in total. The van der Waals surface area contributed by atoms with Crippen LogP contribution in [0.25, 0.3) is 11.0 Å². The largest absolute Gasteiger partial charge is 0.364 e. The van der Waals surface area contributed by atoms with E-state index in [-0.39, 0.29) is 25.2 Å². The molecule has 0 fully saturated rings. The Morgan fingerprint density at radius 3 is 2.89 bits per heavy atom. The number of hydrogen-bond acceptors (Lipinski definition) is 6. The smallest absolute Gasteiger partial charge is 0.248 e. The van der Waals surface area contributed by atoms with Crippen LogP contribution in [0.3, 0.4) is 0 Å². The number of ether oxygens (including phenoxy) is 1. The molecule has 1 amide bonds. The summed E-state index contributed by atoms with van der Waals surface area (Å²) in [6, 6.07) is 5.62. The number of carbonyl (C=O) groups is 1. The van der Waals surface area contributed by atoms with Gasteiger partial charge in [-0.05, 0) is 37.5 Å². The van der Waals surface area contributed by atoms with E-state index in [1.807, 2.05) is 25.1 Å². The molecule has 2 aromatic heterocycles. The number of aromatic amines is 1. The zero-order valence-corrected chi connectivity index (χ0v) is 16.1. The predicted molar refractivity (Wildman–Crippen MR) is 99.9 cm³/mol. The zero-order chi connectivity index (χ0) is 19.4. The highest BCUT2D eigenvalue weighted by Crippen LogP contribution is 2.14. The average molecular weight is 371 g/mol. The third kappa shape index (κ3) is 5.13. The van der Waals surface area contributed by atoms with Crippen LogP contribution in [0, 0.1) is 12.8 Å². The first kappa shape index (κ1) is 19.0. The van der Waals surface area contributed by atoms with Gasteiger partial charge in [0.15, 0.2) is 5.82 Å². The third-order valence-electron chi connectivity index (χ3n) is 3.98. The van der Waals surface area contributed by atoms with E-state index >= 15 is 0 Å². The van der Waals surface area contributed by atoms with Gasteiger partial charge in [0.25, 0.3) is 0 Å². The highest BCUT2D eigenvalue weighted by molar-refractivity contribution is 5.77. The van der Waals surface area contributed by atoms with Crippen LogP contribution in [0.5, 0.6) is 0 Å². The van der Waals surface area contributed by atoms with Crippen LogP contribution in [-0.4, -0.2) is 32.6 Å². The maximum atomic E-state index is 12.1.